The van der Waals surface area contributed by atoms with E-state index in [1.165, 1.54) is 12.1 Å². The maximum Gasteiger partial charge on any atom is 0.338 e. The normalized spacial score (nSPS) is 17.1. The number of rotatable bonds is 7. The molecule has 7 nitrogen and oxygen atoms in total. The number of benzene rings is 1. The fraction of sp³-hybridized carbons (Fsp3) is 0.462. The van der Waals surface area contributed by atoms with Crippen molar-refractivity contribution in [3.63, 3.8) is 0 Å². The van der Waals surface area contributed by atoms with Gasteiger partial charge in [-0.25, -0.2) is 4.79 Å². The van der Waals surface area contributed by atoms with Gasteiger partial charge in [-0.1, -0.05) is 18.2 Å². The van der Waals surface area contributed by atoms with Crippen LogP contribution >= 0.6 is 0 Å². The van der Waals surface area contributed by atoms with Gasteiger partial charge in [-0.05, 0) is 12.1 Å². The number of hydrogen-bond donors (Lipinski definition) is 5. The summed E-state index contributed by atoms with van der Waals surface area (Å²) in [6.45, 7) is -1.32. The highest BCUT2D eigenvalue weighted by molar-refractivity contribution is 5.89. The largest absolute Gasteiger partial charge is 0.459 e. The van der Waals surface area contributed by atoms with E-state index >= 15 is 0 Å². The van der Waals surface area contributed by atoms with E-state index in [-0.39, 0.29) is 5.56 Å². The summed E-state index contributed by atoms with van der Waals surface area (Å²) in [5.74, 6) is -0.686. The van der Waals surface area contributed by atoms with E-state index in [2.05, 4.69) is 0 Å². The molecular formula is C13H18O7. The molecule has 0 saturated heterocycles. The third-order valence-corrected chi connectivity index (χ3v) is 2.72. The predicted octanol–water partition coefficient (Wildman–Crippen LogP) is -1.72. The van der Waals surface area contributed by atoms with Gasteiger partial charge in [0.05, 0.1) is 12.2 Å². The SMILES string of the molecule is O=C(OCC(O)C(O)C(O)C(O)CO)c1ccccc1. The lowest BCUT2D eigenvalue weighted by molar-refractivity contribution is -0.124. The van der Waals surface area contributed by atoms with Crippen LogP contribution in [0.15, 0.2) is 30.3 Å². The highest BCUT2D eigenvalue weighted by atomic mass is 16.5. The molecule has 0 spiro atoms. The second-order valence-corrected chi connectivity index (χ2v) is 4.26. The maximum atomic E-state index is 11.6. The van der Waals surface area contributed by atoms with Crippen molar-refractivity contribution in [1.29, 1.82) is 0 Å². The van der Waals surface area contributed by atoms with Crippen molar-refractivity contribution in [2.75, 3.05) is 13.2 Å². The average molecular weight is 286 g/mol. The molecule has 0 radical (unpaired) electrons. The van der Waals surface area contributed by atoms with Gasteiger partial charge < -0.3 is 30.3 Å². The highest BCUT2D eigenvalue weighted by Gasteiger charge is 2.30. The van der Waals surface area contributed by atoms with Crippen molar-refractivity contribution in [2.45, 2.75) is 24.4 Å². The molecule has 0 aliphatic rings. The molecule has 1 aromatic carbocycles. The third-order valence-electron chi connectivity index (χ3n) is 2.72. The van der Waals surface area contributed by atoms with Gasteiger partial charge in [0.25, 0.3) is 0 Å². The van der Waals surface area contributed by atoms with Crippen LogP contribution in [-0.2, 0) is 4.74 Å². The average Bonchev–Trinajstić information content (AvgIpc) is 2.50. The Bertz CT molecular complexity index is 408. The molecule has 7 heteroatoms. The minimum atomic E-state index is -1.75. The number of hydrogen-bond acceptors (Lipinski definition) is 7. The molecule has 0 heterocycles. The molecule has 0 aliphatic carbocycles. The maximum absolute atomic E-state index is 11.6. The van der Waals surface area contributed by atoms with Crippen molar-refractivity contribution in [3.8, 4) is 0 Å². The van der Waals surface area contributed by atoms with Crippen LogP contribution in [0.2, 0.25) is 0 Å². The van der Waals surface area contributed by atoms with E-state index in [1.807, 2.05) is 0 Å². The molecule has 0 bridgehead atoms. The fourth-order valence-electron chi connectivity index (χ4n) is 1.48. The van der Waals surface area contributed by atoms with Crippen molar-refractivity contribution in [1.82, 2.24) is 0 Å². The zero-order valence-corrected chi connectivity index (χ0v) is 10.7. The second kappa shape index (κ2) is 7.93. The first-order valence-corrected chi connectivity index (χ1v) is 6.02. The Labute approximate surface area is 115 Å². The van der Waals surface area contributed by atoms with E-state index in [0.717, 1.165) is 0 Å². The van der Waals surface area contributed by atoms with Crippen LogP contribution in [0.4, 0.5) is 0 Å². The number of carbonyl (C=O) groups is 1. The summed E-state index contributed by atoms with van der Waals surface area (Å²) in [5, 5.41) is 46.2. The van der Waals surface area contributed by atoms with Crippen LogP contribution in [0, 0.1) is 0 Å². The van der Waals surface area contributed by atoms with Gasteiger partial charge in [-0.3, -0.25) is 0 Å². The van der Waals surface area contributed by atoms with Gasteiger partial charge >= 0.3 is 5.97 Å². The quantitative estimate of drug-likeness (QED) is 0.377. The van der Waals surface area contributed by atoms with Gasteiger partial charge in [-0.15, -0.1) is 0 Å². The lowest BCUT2D eigenvalue weighted by Gasteiger charge is -2.25. The molecule has 0 fully saturated rings. The Balaban J connectivity index is 2.47. The Morgan fingerprint density at radius 3 is 2.10 bits per heavy atom. The Morgan fingerprint density at radius 2 is 1.55 bits per heavy atom. The molecule has 1 rings (SSSR count). The summed E-state index contributed by atoms with van der Waals surface area (Å²) in [5.41, 5.74) is 0.283. The summed E-state index contributed by atoms with van der Waals surface area (Å²) < 4.78 is 4.77. The Kier molecular flexibility index (Phi) is 6.56. The summed E-state index contributed by atoms with van der Waals surface area (Å²) in [7, 11) is 0. The lowest BCUT2D eigenvalue weighted by atomic mass is 10.0. The molecule has 20 heavy (non-hydrogen) atoms. The summed E-state index contributed by atoms with van der Waals surface area (Å²) in [6, 6.07) is 8.06. The summed E-state index contributed by atoms with van der Waals surface area (Å²) >= 11 is 0. The standard InChI is InChI=1S/C13H18O7/c14-6-9(15)11(17)12(18)10(16)7-20-13(19)8-4-2-1-3-5-8/h1-5,9-12,14-18H,6-7H2. The Morgan fingerprint density at radius 1 is 1.00 bits per heavy atom. The minimum absolute atomic E-state index is 0.283. The van der Waals surface area contributed by atoms with Gasteiger partial charge in [0.1, 0.15) is 31.0 Å². The van der Waals surface area contributed by atoms with Crippen LogP contribution in [0.3, 0.4) is 0 Å². The second-order valence-electron chi connectivity index (χ2n) is 4.26. The van der Waals surface area contributed by atoms with Crippen LogP contribution in [0.5, 0.6) is 0 Å². The van der Waals surface area contributed by atoms with Crippen molar-refractivity contribution in [2.24, 2.45) is 0 Å². The van der Waals surface area contributed by atoms with Crippen molar-refractivity contribution in [3.05, 3.63) is 35.9 Å². The van der Waals surface area contributed by atoms with Gasteiger partial charge in [0.2, 0.25) is 0 Å². The van der Waals surface area contributed by atoms with Crippen molar-refractivity contribution < 1.29 is 35.1 Å². The van der Waals surface area contributed by atoms with E-state index in [4.69, 9.17) is 14.9 Å². The number of carbonyl (C=O) groups excluding carboxylic acids is 1. The van der Waals surface area contributed by atoms with Crippen LogP contribution in [-0.4, -0.2) is 69.1 Å². The van der Waals surface area contributed by atoms with Crippen LogP contribution < -0.4 is 0 Å². The molecule has 0 aliphatic heterocycles. The first-order valence-electron chi connectivity index (χ1n) is 6.02. The number of aliphatic hydroxyl groups is 5. The lowest BCUT2D eigenvalue weighted by Crippen LogP contribution is -2.47. The highest BCUT2D eigenvalue weighted by Crippen LogP contribution is 2.07. The predicted molar refractivity (Wildman–Crippen MR) is 67.8 cm³/mol. The first kappa shape index (κ1) is 16.5. The number of aliphatic hydroxyl groups excluding tert-OH is 5. The zero-order valence-electron chi connectivity index (χ0n) is 10.7. The molecule has 112 valence electrons. The van der Waals surface area contributed by atoms with E-state index < -0.39 is 43.6 Å². The first-order chi connectivity index (χ1) is 9.47. The third kappa shape index (κ3) is 4.55. The Hall–Kier alpha value is -1.51. The summed E-state index contributed by atoms with van der Waals surface area (Å²) in [4.78, 5) is 11.6. The summed E-state index contributed by atoms with van der Waals surface area (Å²) in [6.07, 6.45) is -6.67. The molecule has 0 amide bonds. The molecule has 1 aromatic rings. The van der Waals surface area contributed by atoms with Gasteiger partial charge in [-0.2, -0.15) is 0 Å². The molecule has 0 saturated carbocycles. The number of esters is 1. The van der Waals surface area contributed by atoms with Crippen molar-refractivity contribution >= 4 is 5.97 Å². The molecule has 4 unspecified atom stereocenters. The minimum Gasteiger partial charge on any atom is -0.459 e. The van der Waals surface area contributed by atoms with Crippen LogP contribution in [0.25, 0.3) is 0 Å². The topological polar surface area (TPSA) is 127 Å². The monoisotopic (exact) mass is 286 g/mol. The number of ether oxygens (including phenoxy) is 1. The smallest absolute Gasteiger partial charge is 0.338 e. The fourth-order valence-corrected chi connectivity index (χ4v) is 1.48. The zero-order chi connectivity index (χ0) is 15.1. The van der Waals surface area contributed by atoms with Crippen LogP contribution in [0.1, 0.15) is 10.4 Å². The van der Waals surface area contributed by atoms with E-state index in [9.17, 15) is 20.1 Å². The molecule has 5 N–H and O–H groups in total. The van der Waals surface area contributed by atoms with Gasteiger partial charge in [0.15, 0.2) is 0 Å². The molecule has 0 aromatic heterocycles. The van der Waals surface area contributed by atoms with E-state index in [0.29, 0.717) is 0 Å². The molecule has 4 atom stereocenters. The van der Waals surface area contributed by atoms with Gasteiger partial charge in [0, 0.05) is 0 Å². The molecular weight excluding hydrogens is 268 g/mol. The van der Waals surface area contributed by atoms with E-state index in [1.54, 1.807) is 18.2 Å².